The van der Waals surface area contributed by atoms with Crippen LogP contribution in [0.3, 0.4) is 0 Å². The largest absolute Gasteiger partial charge is 0.508 e. The van der Waals surface area contributed by atoms with Crippen molar-refractivity contribution in [3.63, 3.8) is 0 Å². The van der Waals surface area contributed by atoms with Gasteiger partial charge in [-0.25, -0.2) is 0 Å². The highest BCUT2D eigenvalue weighted by atomic mass is 32.2. The third kappa shape index (κ3) is 3.00. The monoisotopic (exact) mass is 333 g/mol. The molecular weight excluding hydrogens is 314 g/mol. The second-order valence-corrected chi connectivity index (χ2v) is 7.25. The summed E-state index contributed by atoms with van der Waals surface area (Å²) in [4.78, 5) is 1.25. The summed E-state index contributed by atoms with van der Waals surface area (Å²) in [5, 5.41) is 14.3. The molecule has 24 heavy (non-hydrogen) atoms. The molecule has 0 saturated carbocycles. The second-order valence-electron chi connectivity index (χ2n) is 6.00. The number of anilines is 1. The van der Waals surface area contributed by atoms with E-state index in [4.69, 9.17) is 0 Å². The molecule has 4 rings (SSSR count). The maximum atomic E-state index is 10.3. The molecule has 1 heterocycles. The molecule has 3 aromatic rings. The number of phenols is 1. The molecule has 0 saturated heterocycles. The first-order valence-electron chi connectivity index (χ1n) is 8.16. The number of para-hydroxylation sites is 2. The van der Waals surface area contributed by atoms with E-state index in [0.717, 1.165) is 17.7 Å². The fourth-order valence-corrected chi connectivity index (χ4v) is 4.51. The topological polar surface area (TPSA) is 32.3 Å². The summed E-state index contributed by atoms with van der Waals surface area (Å²) in [5.74, 6) is 0.353. The SMILES string of the molecule is Oc1ccccc1C1CC(c2ccccc2)Sc2ccccc2N1. The molecule has 0 aliphatic carbocycles. The minimum absolute atomic E-state index is 0.0764. The Labute approximate surface area is 146 Å². The summed E-state index contributed by atoms with van der Waals surface area (Å²) in [6.45, 7) is 0. The summed E-state index contributed by atoms with van der Waals surface area (Å²) in [6, 6.07) is 26.7. The van der Waals surface area contributed by atoms with Gasteiger partial charge in [0.15, 0.2) is 0 Å². The van der Waals surface area contributed by atoms with Gasteiger partial charge in [0.05, 0.1) is 6.04 Å². The zero-order chi connectivity index (χ0) is 16.4. The lowest BCUT2D eigenvalue weighted by Gasteiger charge is -2.22. The van der Waals surface area contributed by atoms with Gasteiger partial charge < -0.3 is 10.4 Å². The number of rotatable bonds is 2. The van der Waals surface area contributed by atoms with Crippen molar-refractivity contribution in [2.45, 2.75) is 22.6 Å². The average Bonchev–Trinajstić information content (AvgIpc) is 2.82. The van der Waals surface area contributed by atoms with Crippen LogP contribution in [0.25, 0.3) is 0 Å². The molecule has 2 unspecified atom stereocenters. The number of hydrogen-bond acceptors (Lipinski definition) is 3. The van der Waals surface area contributed by atoms with Crippen molar-refractivity contribution < 1.29 is 5.11 Å². The predicted octanol–water partition coefficient (Wildman–Crippen LogP) is 5.78. The Morgan fingerprint density at radius 3 is 2.38 bits per heavy atom. The Kier molecular flexibility index (Phi) is 4.18. The lowest BCUT2D eigenvalue weighted by atomic mass is 9.97. The van der Waals surface area contributed by atoms with Crippen LogP contribution in [0, 0.1) is 0 Å². The van der Waals surface area contributed by atoms with E-state index >= 15 is 0 Å². The zero-order valence-corrected chi connectivity index (χ0v) is 14.0. The molecule has 0 bridgehead atoms. The van der Waals surface area contributed by atoms with Gasteiger partial charge in [0.1, 0.15) is 5.75 Å². The third-order valence-corrected chi connectivity index (χ3v) is 5.78. The fourth-order valence-electron chi connectivity index (χ4n) is 3.21. The van der Waals surface area contributed by atoms with Gasteiger partial charge >= 0.3 is 0 Å². The molecule has 2 atom stereocenters. The highest BCUT2D eigenvalue weighted by Crippen LogP contribution is 2.48. The summed E-state index contributed by atoms with van der Waals surface area (Å²) in [6.07, 6.45) is 0.918. The third-order valence-electron chi connectivity index (χ3n) is 4.42. The maximum absolute atomic E-state index is 10.3. The molecule has 3 heteroatoms. The maximum Gasteiger partial charge on any atom is 0.120 e. The average molecular weight is 333 g/mol. The zero-order valence-electron chi connectivity index (χ0n) is 13.2. The Bertz CT molecular complexity index is 834. The minimum atomic E-state index is 0.0764. The van der Waals surface area contributed by atoms with Crippen LogP contribution in [-0.4, -0.2) is 5.11 Å². The van der Waals surface area contributed by atoms with Gasteiger partial charge in [-0.05, 0) is 30.2 Å². The quantitative estimate of drug-likeness (QED) is 0.623. The van der Waals surface area contributed by atoms with Crippen molar-refractivity contribution in [2.75, 3.05) is 5.32 Å². The first-order valence-corrected chi connectivity index (χ1v) is 9.04. The molecular formula is C21H19NOS. The van der Waals surface area contributed by atoms with E-state index in [1.54, 1.807) is 6.07 Å². The number of nitrogens with one attached hydrogen (secondary N) is 1. The van der Waals surface area contributed by atoms with E-state index in [-0.39, 0.29) is 6.04 Å². The molecule has 0 spiro atoms. The van der Waals surface area contributed by atoms with Crippen molar-refractivity contribution in [3.8, 4) is 5.75 Å². The molecule has 2 nitrogen and oxygen atoms in total. The molecule has 0 aromatic heterocycles. The lowest BCUT2D eigenvalue weighted by Crippen LogP contribution is -2.12. The number of hydrogen-bond donors (Lipinski definition) is 2. The predicted molar refractivity (Wildman–Crippen MR) is 101 cm³/mol. The molecule has 1 aliphatic heterocycles. The van der Waals surface area contributed by atoms with Crippen LogP contribution < -0.4 is 5.32 Å². The van der Waals surface area contributed by atoms with Gasteiger partial charge in [-0.2, -0.15) is 0 Å². The number of benzene rings is 3. The van der Waals surface area contributed by atoms with E-state index in [0.29, 0.717) is 11.0 Å². The lowest BCUT2D eigenvalue weighted by molar-refractivity contribution is 0.461. The van der Waals surface area contributed by atoms with Gasteiger partial charge in [-0.1, -0.05) is 60.7 Å². The van der Waals surface area contributed by atoms with Crippen LogP contribution >= 0.6 is 11.8 Å². The molecule has 0 amide bonds. The van der Waals surface area contributed by atoms with Crippen LogP contribution in [-0.2, 0) is 0 Å². The van der Waals surface area contributed by atoms with E-state index in [9.17, 15) is 5.11 Å². The second kappa shape index (κ2) is 6.62. The van der Waals surface area contributed by atoms with E-state index in [2.05, 4.69) is 59.9 Å². The number of thioether (sulfide) groups is 1. The van der Waals surface area contributed by atoms with Gasteiger partial charge in [0, 0.05) is 21.4 Å². The van der Waals surface area contributed by atoms with Crippen LogP contribution in [0.4, 0.5) is 5.69 Å². The van der Waals surface area contributed by atoms with Crippen LogP contribution in [0.5, 0.6) is 5.75 Å². The van der Waals surface area contributed by atoms with E-state index in [1.165, 1.54) is 10.5 Å². The molecule has 3 aromatic carbocycles. The van der Waals surface area contributed by atoms with Crippen LogP contribution in [0.15, 0.2) is 83.8 Å². The first-order chi connectivity index (χ1) is 11.8. The standard InChI is InChI=1S/C21H19NOS/c23-19-12-6-4-10-16(19)18-14-21(15-8-2-1-3-9-15)24-20-13-7-5-11-17(20)22-18/h1-13,18,21-23H,14H2. The summed E-state index contributed by atoms with van der Waals surface area (Å²) < 4.78 is 0. The van der Waals surface area contributed by atoms with Gasteiger partial charge in [0.25, 0.3) is 0 Å². The number of fused-ring (bicyclic) bond motifs is 1. The highest BCUT2D eigenvalue weighted by molar-refractivity contribution is 7.99. The van der Waals surface area contributed by atoms with E-state index < -0.39 is 0 Å². The Hall–Kier alpha value is -2.39. The smallest absolute Gasteiger partial charge is 0.120 e. The van der Waals surface area contributed by atoms with Gasteiger partial charge in [-0.15, -0.1) is 11.8 Å². The van der Waals surface area contributed by atoms with Crippen molar-refractivity contribution in [1.29, 1.82) is 0 Å². The molecule has 0 radical (unpaired) electrons. The van der Waals surface area contributed by atoms with Gasteiger partial charge in [0.2, 0.25) is 0 Å². The Morgan fingerprint density at radius 2 is 1.54 bits per heavy atom. The summed E-state index contributed by atoms with van der Waals surface area (Å²) in [5.41, 5.74) is 3.41. The normalized spacial score (nSPS) is 19.8. The van der Waals surface area contributed by atoms with Crippen molar-refractivity contribution in [1.82, 2.24) is 0 Å². The molecule has 2 N–H and O–H groups in total. The van der Waals surface area contributed by atoms with Crippen molar-refractivity contribution >= 4 is 17.4 Å². The summed E-state index contributed by atoms with van der Waals surface area (Å²) >= 11 is 1.89. The van der Waals surface area contributed by atoms with Gasteiger partial charge in [-0.3, -0.25) is 0 Å². The van der Waals surface area contributed by atoms with Crippen LogP contribution in [0.1, 0.15) is 28.8 Å². The highest BCUT2D eigenvalue weighted by Gasteiger charge is 2.27. The van der Waals surface area contributed by atoms with Crippen molar-refractivity contribution in [2.24, 2.45) is 0 Å². The van der Waals surface area contributed by atoms with E-state index in [1.807, 2.05) is 30.0 Å². The Morgan fingerprint density at radius 1 is 0.833 bits per heavy atom. The minimum Gasteiger partial charge on any atom is -0.508 e. The number of phenolic OH excluding ortho intramolecular Hbond substituents is 1. The molecule has 120 valence electrons. The fraction of sp³-hybridized carbons (Fsp3) is 0.143. The summed E-state index contributed by atoms with van der Waals surface area (Å²) in [7, 11) is 0. The Balaban J connectivity index is 1.77. The van der Waals surface area contributed by atoms with Crippen molar-refractivity contribution in [3.05, 3.63) is 90.0 Å². The molecule has 0 fully saturated rings. The first kappa shape index (κ1) is 15.2. The number of aromatic hydroxyl groups is 1. The van der Waals surface area contributed by atoms with Crippen LogP contribution in [0.2, 0.25) is 0 Å². The molecule has 1 aliphatic rings.